The summed E-state index contributed by atoms with van der Waals surface area (Å²) in [5.41, 5.74) is 0.106. The van der Waals surface area contributed by atoms with Crippen molar-refractivity contribution in [1.82, 2.24) is 4.90 Å². The zero-order chi connectivity index (χ0) is 14.8. The van der Waals surface area contributed by atoms with E-state index in [1.165, 1.54) is 12.1 Å². The molecular formula is C16H24FNO2. The zero-order valence-corrected chi connectivity index (χ0v) is 12.2. The molecule has 1 heterocycles. The lowest BCUT2D eigenvalue weighted by Gasteiger charge is -2.36. The molecule has 0 amide bonds. The second kappa shape index (κ2) is 6.20. The van der Waals surface area contributed by atoms with E-state index in [2.05, 4.69) is 4.90 Å². The van der Waals surface area contributed by atoms with Crippen LogP contribution in [0.3, 0.4) is 0 Å². The quantitative estimate of drug-likeness (QED) is 0.890. The minimum absolute atomic E-state index is 0.207. The molecule has 0 aromatic heterocycles. The molecule has 112 valence electrons. The summed E-state index contributed by atoms with van der Waals surface area (Å²) in [6, 6.07) is 6.09. The van der Waals surface area contributed by atoms with Gasteiger partial charge in [0, 0.05) is 6.54 Å². The zero-order valence-electron chi connectivity index (χ0n) is 12.2. The molecule has 0 saturated carbocycles. The SMILES string of the molecule is CC(C)(O)CN1CCC(C(O)c2ccc(F)cc2)CC1. The molecule has 3 nitrogen and oxygen atoms in total. The van der Waals surface area contributed by atoms with Gasteiger partial charge in [0.15, 0.2) is 0 Å². The van der Waals surface area contributed by atoms with E-state index in [0.29, 0.717) is 6.54 Å². The first kappa shape index (κ1) is 15.4. The minimum Gasteiger partial charge on any atom is -0.389 e. The fourth-order valence-corrected chi connectivity index (χ4v) is 2.91. The molecule has 1 unspecified atom stereocenters. The van der Waals surface area contributed by atoms with Crippen molar-refractivity contribution in [3.05, 3.63) is 35.6 Å². The van der Waals surface area contributed by atoms with Gasteiger partial charge < -0.3 is 15.1 Å². The molecule has 1 fully saturated rings. The van der Waals surface area contributed by atoms with Crippen molar-refractivity contribution in [2.45, 2.75) is 38.4 Å². The van der Waals surface area contributed by atoms with E-state index in [0.717, 1.165) is 31.5 Å². The number of rotatable bonds is 4. The lowest BCUT2D eigenvalue weighted by molar-refractivity contribution is 0.00718. The van der Waals surface area contributed by atoms with Crippen LogP contribution in [0.15, 0.2) is 24.3 Å². The van der Waals surface area contributed by atoms with Crippen LogP contribution >= 0.6 is 0 Å². The van der Waals surface area contributed by atoms with E-state index in [9.17, 15) is 14.6 Å². The van der Waals surface area contributed by atoms with Crippen molar-refractivity contribution in [3.8, 4) is 0 Å². The van der Waals surface area contributed by atoms with E-state index in [4.69, 9.17) is 0 Å². The number of benzene rings is 1. The fraction of sp³-hybridized carbons (Fsp3) is 0.625. The van der Waals surface area contributed by atoms with E-state index >= 15 is 0 Å². The molecule has 2 N–H and O–H groups in total. The monoisotopic (exact) mass is 281 g/mol. The van der Waals surface area contributed by atoms with Crippen LogP contribution in [0.5, 0.6) is 0 Å². The maximum Gasteiger partial charge on any atom is 0.123 e. The summed E-state index contributed by atoms with van der Waals surface area (Å²) < 4.78 is 12.9. The van der Waals surface area contributed by atoms with Gasteiger partial charge in [-0.15, -0.1) is 0 Å². The highest BCUT2D eigenvalue weighted by Crippen LogP contribution is 2.31. The molecule has 1 aliphatic rings. The number of aliphatic hydroxyl groups is 2. The van der Waals surface area contributed by atoms with Crippen molar-refractivity contribution >= 4 is 0 Å². The summed E-state index contributed by atoms with van der Waals surface area (Å²) in [5, 5.41) is 20.2. The van der Waals surface area contributed by atoms with Crippen LogP contribution in [0.4, 0.5) is 4.39 Å². The molecule has 2 rings (SSSR count). The Kier molecular flexibility index (Phi) is 4.78. The Bertz CT molecular complexity index is 419. The van der Waals surface area contributed by atoms with Gasteiger partial charge >= 0.3 is 0 Å². The number of nitrogens with zero attached hydrogens (tertiary/aromatic N) is 1. The Balaban J connectivity index is 1.88. The molecule has 20 heavy (non-hydrogen) atoms. The Labute approximate surface area is 120 Å². The molecule has 0 radical (unpaired) electrons. The number of hydrogen-bond donors (Lipinski definition) is 2. The third kappa shape index (κ3) is 4.27. The third-order valence-electron chi connectivity index (χ3n) is 3.90. The molecule has 4 heteroatoms. The Morgan fingerprint density at radius 3 is 2.30 bits per heavy atom. The van der Waals surface area contributed by atoms with Gasteiger partial charge in [0.05, 0.1) is 11.7 Å². The van der Waals surface area contributed by atoms with Gasteiger partial charge in [-0.2, -0.15) is 0 Å². The highest BCUT2D eigenvalue weighted by atomic mass is 19.1. The summed E-state index contributed by atoms with van der Waals surface area (Å²) >= 11 is 0. The minimum atomic E-state index is -0.678. The van der Waals surface area contributed by atoms with Crippen molar-refractivity contribution in [2.75, 3.05) is 19.6 Å². The predicted molar refractivity (Wildman–Crippen MR) is 76.8 cm³/mol. The second-order valence-corrected chi connectivity index (χ2v) is 6.42. The highest BCUT2D eigenvalue weighted by molar-refractivity contribution is 5.19. The number of aliphatic hydroxyl groups excluding tert-OH is 1. The van der Waals surface area contributed by atoms with Crippen molar-refractivity contribution in [2.24, 2.45) is 5.92 Å². The molecule has 1 saturated heterocycles. The smallest absolute Gasteiger partial charge is 0.123 e. The van der Waals surface area contributed by atoms with Crippen LogP contribution < -0.4 is 0 Å². The molecule has 1 aromatic carbocycles. The van der Waals surface area contributed by atoms with Gasteiger partial charge in [0.2, 0.25) is 0 Å². The largest absolute Gasteiger partial charge is 0.389 e. The van der Waals surface area contributed by atoms with Gasteiger partial charge in [-0.1, -0.05) is 12.1 Å². The molecular weight excluding hydrogens is 257 g/mol. The van der Waals surface area contributed by atoms with Crippen molar-refractivity contribution < 1.29 is 14.6 Å². The maximum atomic E-state index is 12.9. The standard InChI is InChI=1S/C16H24FNO2/c1-16(2,20)11-18-9-7-13(8-10-18)15(19)12-3-5-14(17)6-4-12/h3-6,13,15,19-20H,7-11H2,1-2H3. The molecule has 0 spiro atoms. The van der Waals surface area contributed by atoms with Crippen molar-refractivity contribution in [1.29, 1.82) is 0 Å². The van der Waals surface area contributed by atoms with E-state index in [1.807, 2.05) is 13.8 Å². The lowest BCUT2D eigenvalue weighted by Crippen LogP contribution is -2.43. The second-order valence-electron chi connectivity index (χ2n) is 6.42. The van der Waals surface area contributed by atoms with Crippen molar-refractivity contribution in [3.63, 3.8) is 0 Å². The topological polar surface area (TPSA) is 43.7 Å². The number of likely N-dealkylation sites (tertiary alicyclic amines) is 1. The van der Waals surface area contributed by atoms with E-state index in [1.54, 1.807) is 12.1 Å². The van der Waals surface area contributed by atoms with Gasteiger partial charge in [-0.05, 0) is 63.4 Å². The van der Waals surface area contributed by atoms with Gasteiger partial charge in [0.25, 0.3) is 0 Å². The first-order valence-electron chi connectivity index (χ1n) is 7.23. The maximum absolute atomic E-state index is 12.9. The summed E-state index contributed by atoms with van der Waals surface area (Å²) in [7, 11) is 0. The predicted octanol–water partition coefficient (Wildman–Crippen LogP) is 2.34. The number of piperidine rings is 1. The van der Waals surface area contributed by atoms with Crippen LogP contribution in [-0.2, 0) is 0 Å². The van der Waals surface area contributed by atoms with Gasteiger partial charge in [0.1, 0.15) is 5.82 Å². The average Bonchev–Trinajstić information content (AvgIpc) is 2.38. The van der Waals surface area contributed by atoms with E-state index in [-0.39, 0.29) is 11.7 Å². The number of halogens is 1. The fourth-order valence-electron chi connectivity index (χ4n) is 2.91. The van der Waals surface area contributed by atoms with Crippen LogP contribution in [-0.4, -0.2) is 40.3 Å². The first-order chi connectivity index (χ1) is 9.35. The highest BCUT2D eigenvalue weighted by Gasteiger charge is 2.28. The van der Waals surface area contributed by atoms with Crippen LogP contribution in [0.1, 0.15) is 38.4 Å². The first-order valence-corrected chi connectivity index (χ1v) is 7.23. The number of β-amino-alcohol motifs (C(OH)–C–C–N with tert-alkyl or cyclic N) is 1. The Hall–Kier alpha value is -0.970. The van der Waals surface area contributed by atoms with Gasteiger partial charge in [-0.3, -0.25) is 0 Å². The van der Waals surface area contributed by atoms with Gasteiger partial charge in [-0.25, -0.2) is 4.39 Å². The average molecular weight is 281 g/mol. The van der Waals surface area contributed by atoms with E-state index < -0.39 is 11.7 Å². The summed E-state index contributed by atoms with van der Waals surface area (Å²) in [6.45, 7) is 6.05. The Morgan fingerprint density at radius 2 is 1.80 bits per heavy atom. The molecule has 0 bridgehead atoms. The lowest BCUT2D eigenvalue weighted by atomic mass is 9.87. The third-order valence-corrected chi connectivity index (χ3v) is 3.90. The van der Waals surface area contributed by atoms with Crippen LogP contribution in [0.2, 0.25) is 0 Å². The normalized spacial score (nSPS) is 20.1. The summed E-state index contributed by atoms with van der Waals surface area (Å²) in [4.78, 5) is 2.23. The number of hydrogen-bond acceptors (Lipinski definition) is 3. The summed E-state index contributed by atoms with van der Waals surface area (Å²) in [5.74, 6) is -0.0699. The Morgan fingerprint density at radius 1 is 1.25 bits per heavy atom. The van der Waals surface area contributed by atoms with Crippen LogP contribution in [0.25, 0.3) is 0 Å². The summed E-state index contributed by atoms with van der Waals surface area (Å²) in [6.07, 6.45) is 1.27. The molecule has 1 atom stereocenters. The molecule has 0 aliphatic carbocycles. The molecule has 1 aliphatic heterocycles. The van der Waals surface area contributed by atoms with Crippen LogP contribution in [0, 0.1) is 11.7 Å². The molecule has 1 aromatic rings.